The number of guanidine groups is 1. The fourth-order valence-electron chi connectivity index (χ4n) is 3.28. The monoisotopic (exact) mass is 483 g/mol. The fraction of sp³-hybridized carbons (Fsp3) is 0.500. The molecule has 0 unspecified atom stereocenters. The number of likely N-dealkylation sites (tertiary alicyclic amines) is 1. The molecule has 6 nitrogen and oxygen atoms in total. The lowest BCUT2D eigenvalue weighted by Gasteiger charge is -2.32. The molecule has 2 aromatic rings. The minimum atomic E-state index is 0. The second-order valence-electron chi connectivity index (χ2n) is 6.70. The zero-order chi connectivity index (χ0) is 18.2. The van der Waals surface area contributed by atoms with E-state index in [-0.39, 0.29) is 24.0 Å². The molecule has 0 bridgehead atoms. The molecular weight excluding hydrogens is 453 g/mol. The number of piperidine rings is 1. The Hall–Kier alpha value is -1.61. The third-order valence-corrected chi connectivity index (χ3v) is 4.70. The molecule has 0 spiro atoms. The van der Waals surface area contributed by atoms with Gasteiger partial charge in [0, 0.05) is 31.7 Å². The molecular formula is C20H30IN5O. The average molecular weight is 483 g/mol. The minimum Gasteiger partial charge on any atom is -0.444 e. The van der Waals surface area contributed by atoms with Crippen LogP contribution < -0.4 is 10.6 Å². The first-order valence-electron chi connectivity index (χ1n) is 9.48. The SMILES string of the molecule is CCCN1CCC(NC(=NC)NCc2coc(-c3ccccc3)n2)CC1.I. The molecule has 27 heavy (non-hydrogen) atoms. The highest BCUT2D eigenvalue weighted by molar-refractivity contribution is 14.0. The highest BCUT2D eigenvalue weighted by Gasteiger charge is 2.19. The Balaban J connectivity index is 0.00000261. The number of nitrogens with zero attached hydrogens (tertiary/aromatic N) is 3. The molecule has 0 amide bonds. The molecule has 148 valence electrons. The lowest BCUT2D eigenvalue weighted by Crippen LogP contribution is -2.48. The van der Waals surface area contributed by atoms with Crippen molar-refractivity contribution in [2.75, 3.05) is 26.7 Å². The third-order valence-electron chi connectivity index (χ3n) is 4.70. The van der Waals surface area contributed by atoms with Crippen LogP contribution in [0.1, 0.15) is 31.9 Å². The van der Waals surface area contributed by atoms with E-state index >= 15 is 0 Å². The zero-order valence-electron chi connectivity index (χ0n) is 16.1. The normalized spacial score (nSPS) is 16.0. The summed E-state index contributed by atoms with van der Waals surface area (Å²) in [5.41, 5.74) is 1.85. The van der Waals surface area contributed by atoms with Gasteiger partial charge in [-0.25, -0.2) is 4.98 Å². The number of aromatic nitrogens is 1. The molecule has 1 saturated heterocycles. The molecule has 1 aromatic heterocycles. The maximum Gasteiger partial charge on any atom is 0.226 e. The standard InChI is InChI=1S/C20H29N5O.HI/c1-3-11-25-12-9-17(10-13-25)24-20(21-2)22-14-18-15-26-19(23-18)16-7-5-4-6-8-16;/h4-8,15,17H,3,9-14H2,1-2H3,(H2,21,22,24);1H. The summed E-state index contributed by atoms with van der Waals surface area (Å²) in [6.07, 6.45) is 5.24. The van der Waals surface area contributed by atoms with Crippen LogP contribution in [-0.2, 0) is 6.54 Å². The summed E-state index contributed by atoms with van der Waals surface area (Å²) >= 11 is 0. The van der Waals surface area contributed by atoms with Gasteiger partial charge in [-0.2, -0.15) is 0 Å². The van der Waals surface area contributed by atoms with Gasteiger partial charge in [-0.1, -0.05) is 25.1 Å². The summed E-state index contributed by atoms with van der Waals surface area (Å²) in [5.74, 6) is 1.47. The van der Waals surface area contributed by atoms with Gasteiger partial charge in [0.25, 0.3) is 0 Å². The molecule has 2 heterocycles. The Kier molecular flexibility index (Phi) is 9.06. The van der Waals surface area contributed by atoms with Crippen LogP contribution in [0.2, 0.25) is 0 Å². The first-order valence-corrected chi connectivity index (χ1v) is 9.48. The highest BCUT2D eigenvalue weighted by atomic mass is 127. The molecule has 1 aromatic carbocycles. The Morgan fingerprint density at radius 2 is 2.00 bits per heavy atom. The molecule has 0 atom stereocenters. The molecule has 0 saturated carbocycles. The van der Waals surface area contributed by atoms with Gasteiger partial charge < -0.3 is 20.0 Å². The third kappa shape index (κ3) is 6.49. The van der Waals surface area contributed by atoms with Gasteiger partial charge in [0.1, 0.15) is 6.26 Å². The Morgan fingerprint density at radius 3 is 2.67 bits per heavy atom. The van der Waals surface area contributed by atoms with Crippen molar-refractivity contribution in [3.05, 3.63) is 42.3 Å². The maximum atomic E-state index is 5.58. The van der Waals surface area contributed by atoms with Crippen molar-refractivity contribution in [3.63, 3.8) is 0 Å². The van der Waals surface area contributed by atoms with E-state index in [1.807, 2.05) is 30.3 Å². The predicted octanol–water partition coefficient (Wildman–Crippen LogP) is 3.50. The Labute approximate surface area is 178 Å². The van der Waals surface area contributed by atoms with Crippen LogP contribution in [0.4, 0.5) is 0 Å². The second-order valence-corrected chi connectivity index (χ2v) is 6.70. The zero-order valence-corrected chi connectivity index (χ0v) is 18.5. The first kappa shape index (κ1) is 21.7. The first-order chi connectivity index (χ1) is 12.8. The van der Waals surface area contributed by atoms with E-state index in [9.17, 15) is 0 Å². The second kappa shape index (κ2) is 11.3. The van der Waals surface area contributed by atoms with E-state index in [0.717, 1.165) is 43.1 Å². The van der Waals surface area contributed by atoms with E-state index in [4.69, 9.17) is 4.42 Å². The van der Waals surface area contributed by atoms with Crippen LogP contribution >= 0.6 is 24.0 Å². The molecule has 7 heteroatoms. The number of oxazole rings is 1. The van der Waals surface area contributed by atoms with Gasteiger partial charge in [0.15, 0.2) is 5.96 Å². The van der Waals surface area contributed by atoms with Crippen LogP contribution in [0.25, 0.3) is 11.5 Å². The summed E-state index contributed by atoms with van der Waals surface area (Å²) in [6, 6.07) is 10.4. The number of hydrogen-bond donors (Lipinski definition) is 2. The summed E-state index contributed by atoms with van der Waals surface area (Å²) in [4.78, 5) is 11.4. The molecule has 2 N–H and O–H groups in total. The van der Waals surface area contributed by atoms with E-state index in [1.165, 1.54) is 13.0 Å². The van der Waals surface area contributed by atoms with Crippen molar-refractivity contribution >= 4 is 29.9 Å². The highest BCUT2D eigenvalue weighted by Crippen LogP contribution is 2.17. The van der Waals surface area contributed by atoms with Crippen molar-refractivity contribution in [2.45, 2.75) is 38.8 Å². The van der Waals surface area contributed by atoms with E-state index in [2.05, 4.69) is 32.4 Å². The topological polar surface area (TPSA) is 65.7 Å². The number of rotatable bonds is 6. The number of hydrogen-bond acceptors (Lipinski definition) is 4. The Morgan fingerprint density at radius 1 is 1.26 bits per heavy atom. The van der Waals surface area contributed by atoms with Crippen molar-refractivity contribution in [2.24, 2.45) is 4.99 Å². The molecule has 0 aliphatic carbocycles. The Bertz CT molecular complexity index is 695. The van der Waals surface area contributed by atoms with Crippen molar-refractivity contribution in [1.82, 2.24) is 20.5 Å². The largest absolute Gasteiger partial charge is 0.444 e. The van der Waals surface area contributed by atoms with Gasteiger partial charge in [0.2, 0.25) is 5.89 Å². The van der Waals surface area contributed by atoms with Crippen LogP contribution in [0.5, 0.6) is 0 Å². The molecule has 1 fully saturated rings. The van der Waals surface area contributed by atoms with Gasteiger partial charge >= 0.3 is 0 Å². The fourth-order valence-corrected chi connectivity index (χ4v) is 3.28. The van der Waals surface area contributed by atoms with Crippen molar-refractivity contribution in [1.29, 1.82) is 0 Å². The van der Waals surface area contributed by atoms with E-state index < -0.39 is 0 Å². The summed E-state index contributed by atoms with van der Waals surface area (Å²) < 4.78 is 5.58. The molecule has 1 aliphatic rings. The van der Waals surface area contributed by atoms with Gasteiger partial charge in [-0.05, 0) is 37.9 Å². The van der Waals surface area contributed by atoms with E-state index in [1.54, 1.807) is 13.3 Å². The van der Waals surface area contributed by atoms with Gasteiger partial charge in [-0.15, -0.1) is 24.0 Å². The predicted molar refractivity (Wildman–Crippen MR) is 120 cm³/mol. The van der Waals surface area contributed by atoms with E-state index in [0.29, 0.717) is 18.5 Å². The summed E-state index contributed by atoms with van der Waals surface area (Å²) in [7, 11) is 1.81. The number of nitrogens with one attached hydrogen (secondary N) is 2. The van der Waals surface area contributed by atoms with Crippen LogP contribution in [0, 0.1) is 0 Å². The quantitative estimate of drug-likeness (QED) is 0.374. The molecule has 3 rings (SSSR count). The minimum absolute atomic E-state index is 0. The lowest BCUT2D eigenvalue weighted by molar-refractivity contribution is 0.206. The molecule has 0 radical (unpaired) electrons. The van der Waals surface area contributed by atoms with Crippen LogP contribution in [0.15, 0.2) is 46.0 Å². The summed E-state index contributed by atoms with van der Waals surface area (Å²) in [5, 5.41) is 6.87. The van der Waals surface area contributed by atoms with Gasteiger partial charge in [-0.3, -0.25) is 4.99 Å². The smallest absolute Gasteiger partial charge is 0.226 e. The number of benzene rings is 1. The average Bonchev–Trinajstić information content (AvgIpc) is 3.16. The molecule has 1 aliphatic heterocycles. The lowest BCUT2D eigenvalue weighted by atomic mass is 10.1. The van der Waals surface area contributed by atoms with Crippen molar-refractivity contribution in [3.8, 4) is 11.5 Å². The number of aliphatic imine (C=N–C) groups is 1. The summed E-state index contributed by atoms with van der Waals surface area (Å²) in [6.45, 7) is 6.35. The van der Waals surface area contributed by atoms with Crippen LogP contribution in [-0.4, -0.2) is 48.6 Å². The van der Waals surface area contributed by atoms with Crippen LogP contribution in [0.3, 0.4) is 0 Å². The van der Waals surface area contributed by atoms with Crippen molar-refractivity contribution < 1.29 is 4.42 Å². The van der Waals surface area contributed by atoms with Gasteiger partial charge in [0.05, 0.1) is 12.2 Å². The number of halogens is 1. The maximum absolute atomic E-state index is 5.58.